The summed E-state index contributed by atoms with van der Waals surface area (Å²) in [5, 5.41) is 4.12. The molecule has 24 heavy (non-hydrogen) atoms. The number of pyridine rings is 1. The minimum Gasteiger partial charge on any atom is -0.355 e. The molecule has 4 aromatic rings. The van der Waals surface area contributed by atoms with Gasteiger partial charge in [-0.3, -0.25) is 4.98 Å². The van der Waals surface area contributed by atoms with Crippen LogP contribution in [0.1, 0.15) is 0 Å². The Morgan fingerprint density at radius 1 is 1.00 bits per heavy atom. The van der Waals surface area contributed by atoms with Crippen LogP contribution in [0.5, 0.6) is 0 Å². The number of fused-ring (bicyclic) bond motifs is 2. The Kier molecular flexibility index (Phi) is 3.47. The molecule has 0 radical (unpaired) electrons. The molecule has 7 heteroatoms. The van der Waals surface area contributed by atoms with Gasteiger partial charge in [0.15, 0.2) is 9.84 Å². The molecule has 2 heterocycles. The summed E-state index contributed by atoms with van der Waals surface area (Å²) in [5.41, 5.74) is 5.25. The topological polar surface area (TPSA) is 72.0 Å². The van der Waals surface area contributed by atoms with Gasteiger partial charge < -0.3 is 5.32 Å². The molecule has 2 aromatic carbocycles. The minimum absolute atomic E-state index is 0.281. The summed E-state index contributed by atoms with van der Waals surface area (Å²) < 4.78 is 24.7. The lowest BCUT2D eigenvalue weighted by molar-refractivity contribution is 0.602. The first-order valence-corrected chi connectivity index (χ1v) is 9.97. The Balaban J connectivity index is 1.83. The first kappa shape index (κ1) is 15.0. The number of sulfone groups is 1. The van der Waals surface area contributed by atoms with Gasteiger partial charge in [0.2, 0.25) is 0 Å². The van der Waals surface area contributed by atoms with Gasteiger partial charge in [-0.25, -0.2) is 13.4 Å². The normalized spacial score (nSPS) is 11.9. The van der Waals surface area contributed by atoms with Crippen molar-refractivity contribution < 1.29 is 8.42 Å². The largest absolute Gasteiger partial charge is 0.355 e. The summed E-state index contributed by atoms with van der Waals surface area (Å²) in [5.74, 6) is 0. The van der Waals surface area contributed by atoms with Gasteiger partial charge in [0.05, 0.1) is 26.1 Å². The second kappa shape index (κ2) is 5.54. The molecule has 5 nitrogen and oxygen atoms in total. The van der Waals surface area contributed by atoms with Gasteiger partial charge in [-0.15, -0.1) is 11.3 Å². The quantitative estimate of drug-likeness (QED) is 0.601. The molecule has 0 spiro atoms. The van der Waals surface area contributed by atoms with E-state index in [1.54, 1.807) is 35.7 Å². The number of nitrogens with one attached hydrogen (secondary N) is 1. The van der Waals surface area contributed by atoms with Gasteiger partial charge in [0.25, 0.3) is 0 Å². The Labute approximate surface area is 142 Å². The van der Waals surface area contributed by atoms with Crippen LogP contribution in [-0.4, -0.2) is 24.6 Å². The summed E-state index contributed by atoms with van der Waals surface area (Å²) in [4.78, 5) is 8.86. The molecule has 0 aliphatic heterocycles. The fourth-order valence-electron chi connectivity index (χ4n) is 2.55. The van der Waals surface area contributed by atoms with E-state index in [2.05, 4.69) is 15.3 Å². The zero-order valence-corrected chi connectivity index (χ0v) is 14.4. The molecule has 120 valence electrons. The highest BCUT2D eigenvalue weighted by Crippen LogP contribution is 2.29. The molecular weight excluding hydrogens is 342 g/mol. The van der Waals surface area contributed by atoms with E-state index in [9.17, 15) is 8.42 Å². The van der Waals surface area contributed by atoms with E-state index in [-0.39, 0.29) is 4.90 Å². The maximum absolute atomic E-state index is 11.8. The second-order valence-corrected chi connectivity index (χ2v) is 8.37. The fourth-order valence-corrected chi connectivity index (χ4v) is 3.92. The van der Waals surface area contributed by atoms with E-state index < -0.39 is 9.84 Å². The molecule has 2 aromatic heterocycles. The molecule has 4 rings (SSSR count). The summed E-state index contributed by atoms with van der Waals surface area (Å²) in [6.45, 7) is 0. The third-order valence-corrected chi connectivity index (χ3v) is 5.65. The summed E-state index contributed by atoms with van der Waals surface area (Å²) in [6, 6.07) is 12.7. The van der Waals surface area contributed by atoms with Crippen LogP contribution in [0.15, 0.2) is 59.1 Å². The number of hydrogen-bond donors (Lipinski definition) is 1. The van der Waals surface area contributed by atoms with Crippen molar-refractivity contribution in [3.8, 4) is 0 Å². The molecule has 0 aliphatic carbocycles. The zero-order valence-electron chi connectivity index (χ0n) is 12.7. The van der Waals surface area contributed by atoms with Crippen molar-refractivity contribution in [1.29, 1.82) is 0 Å². The number of rotatable bonds is 3. The average Bonchev–Trinajstić information content (AvgIpc) is 3.01. The van der Waals surface area contributed by atoms with Crippen molar-refractivity contribution in [3.63, 3.8) is 0 Å². The third kappa shape index (κ3) is 2.72. The highest BCUT2D eigenvalue weighted by Gasteiger charge is 2.10. The number of thiazole rings is 1. The van der Waals surface area contributed by atoms with Crippen LogP contribution >= 0.6 is 11.3 Å². The third-order valence-electron chi connectivity index (χ3n) is 3.75. The molecule has 1 N–H and O–H groups in total. The molecule has 0 amide bonds. The Bertz CT molecular complexity index is 1170. The van der Waals surface area contributed by atoms with Crippen molar-refractivity contribution in [2.45, 2.75) is 4.90 Å². The van der Waals surface area contributed by atoms with Crippen LogP contribution in [0.3, 0.4) is 0 Å². The van der Waals surface area contributed by atoms with Crippen LogP contribution in [0.25, 0.3) is 21.1 Å². The maximum atomic E-state index is 11.8. The van der Waals surface area contributed by atoms with Crippen LogP contribution < -0.4 is 5.32 Å². The van der Waals surface area contributed by atoms with Crippen molar-refractivity contribution in [2.24, 2.45) is 0 Å². The summed E-state index contributed by atoms with van der Waals surface area (Å²) in [7, 11) is -3.27. The minimum atomic E-state index is -3.27. The summed E-state index contributed by atoms with van der Waals surface area (Å²) >= 11 is 1.58. The Morgan fingerprint density at radius 3 is 2.67 bits per heavy atom. The second-order valence-electron chi connectivity index (χ2n) is 5.47. The maximum Gasteiger partial charge on any atom is 0.175 e. The van der Waals surface area contributed by atoms with Crippen molar-refractivity contribution in [3.05, 3.63) is 54.2 Å². The molecule has 0 saturated heterocycles. The standard InChI is InChI=1S/C17H13N3O2S2/c1-24(21,22)12-3-5-14-13(9-12)15(6-7-18-14)20-11-2-4-16-17(8-11)23-10-19-16/h2-10H,1H3,(H,18,20). The Morgan fingerprint density at radius 2 is 1.83 bits per heavy atom. The first-order chi connectivity index (χ1) is 11.5. The molecule has 0 aliphatic rings. The molecule has 0 bridgehead atoms. The van der Waals surface area contributed by atoms with Gasteiger partial charge in [0, 0.05) is 29.2 Å². The molecule has 0 saturated carbocycles. The SMILES string of the molecule is CS(=O)(=O)c1ccc2nccc(Nc3ccc4ncsc4c3)c2c1. The van der Waals surface area contributed by atoms with E-state index in [0.29, 0.717) is 0 Å². The van der Waals surface area contributed by atoms with Crippen LogP contribution in [0, 0.1) is 0 Å². The number of benzene rings is 2. The molecular formula is C17H13N3O2S2. The first-order valence-electron chi connectivity index (χ1n) is 7.20. The average molecular weight is 355 g/mol. The monoisotopic (exact) mass is 355 g/mol. The van der Waals surface area contributed by atoms with E-state index in [4.69, 9.17) is 0 Å². The zero-order chi connectivity index (χ0) is 16.7. The van der Waals surface area contributed by atoms with Gasteiger partial charge >= 0.3 is 0 Å². The summed E-state index contributed by atoms with van der Waals surface area (Å²) in [6.07, 6.45) is 2.91. The van der Waals surface area contributed by atoms with E-state index in [0.717, 1.165) is 32.5 Å². The van der Waals surface area contributed by atoms with Crippen molar-refractivity contribution in [1.82, 2.24) is 9.97 Å². The lowest BCUT2D eigenvalue weighted by atomic mass is 10.2. The highest BCUT2D eigenvalue weighted by atomic mass is 32.2. The molecule has 0 fully saturated rings. The number of aromatic nitrogens is 2. The molecule has 0 atom stereocenters. The van der Waals surface area contributed by atoms with E-state index >= 15 is 0 Å². The van der Waals surface area contributed by atoms with Crippen LogP contribution in [0.4, 0.5) is 11.4 Å². The van der Waals surface area contributed by atoms with E-state index in [1.807, 2.05) is 29.8 Å². The van der Waals surface area contributed by atoms with E-state index in [1.165, 1.54) is 6.26 Å². The van der Waals surface area contributed by atoms with Crippen molar-refractivity contribution >= 4 is 53.7 Å². The number of hydrogen-bond acceptors (Lipinski definition) is 6. The predicted molar refractivity (Wildman–Crippen MR) is 97.8 cm³/mol. The van der Waals surface area contributed by atoms with Gasteiger partial charge in [0.1, 0.15) is 0 Å². The van der Waals surface area contributed by atoms with Crippen molar-refractivity contribution in [2.75, 3.05) is 11.6 Å². The number of nitrogens with zero attached hydrogens (tertiary/aromatic N) is 2. The highest BCUT2D eigenvalue weighted by molar-refractivity contribution is 7.90. The van der Waals surface area contributed by atoms with Gasteiger partial charge in [-0.05, 0) is 42.5 Å². The lowest BCUT2D eigenvalue weighted by Crippen LogP contribution is -1.98. The lowest BCUT2D eigenvalue weighted by Gasteiger charge is -2.10. The number of anilines is 2. The predicted octanol–water partition coefficient (Wildman–Crippen LogP) is 3.99. The smallest absolute Gasteiger partial charge is 0.175 e. The van der Waals surface area contributed by atoms with Gasteiger partial charge in [-0.1, -0.05) is 0 Å². The fraction of sp³-hybridized carbons (Fsp3) is 0.0588. The van der Waals surface area contributed by atoms with Gasteiger partial charge in [-0.2, -0.15) is 0 Å². The Hall–Kier alpha value is -2.51. The molecule has 0 unspecified atom stereocenters. The van der Waals surface area contributed by atoms with Crippen LogP contribution in [0.2, 0.25) is 0 Å². The van der Waals surface area contributed by atoms with Crippen LogP contribution in [-0.2, 0) is 9.84 Å².